The molecule has 228 valence electrons. The van der Waals surface area contributed by atoms with Crippen molar-refractivity contribution < 1.29 is 19.4 Å². The maximum atomic E-state index is 14.0. The van der Waals surface area contributed by atoms with E-state index in [0.29, 0.717) is 51.8 Å². The first-order valence-electron chi connectivity index (χ1n) is 14.5. The molecule has 1 fully saturated rings. The van der Waals surface area contributed by atoms with Crippen molar-refractivity contribution in [3.05, 3.63) is 56.8 Å². The maximum absolute atomic E-state index is 14.0. The monoisotopic (exact) mass is 588 g/mol. The van der Waals surface area contributed by atoms with Crippen molar-refractivity contribution in [3.8, 4) is 5.75 Å². The molecule has 0 spiro atoms. The van der Waals surface area contributed by atoms with E-state index in [4.69, 9.17) is 10.5 Å². The number of hydrogen-bond acceptors (Lipinski definition) is 9. The first-order valence-corrected chi connectivity index (χ1v) is 14.5. The number of hydrogen-bond donors (Lipinski definition) is 4. The van der Waals surface area contributed by atoms with Gasteiger partial charge in [-0.25, -0.2) is 4.98 Å². The molecule has 0 atom stereocenters. The summed E-state index contributed by atoms with van der Waals surface area (Å²) in [5.41, 5.74) is 12.7. The van der Waals surface area contributed by atoms with Gasteiger partial charge < -0.3 is 30.8 Å². The summed E-state index contributed by atoms with van der Waals surface area (Å²) in [6, 6.07) is 0. The highest BCUT2D eigenvalue weighted by Gasteiger charge is 2.37. The number of nitrogen functional groups attached to an aromatic ring is 1. The van der Waals surface area contributed by atoms with E-state index in [1.165, 1.54) is 0 Å². The quantitative estimate of drug-likeness (QED) is 0.290. The molecule has 2 aliphatic heterocycles. The predicted octanol–water partition coefficient (Wildman–Crippen LogP) is 2.61. The fourth-order valence-corrected chi connectivity index (χ4v) is 6.06. The topological polar surface area (TPSA) is 163 Å². The molecular weight excluding hydrogens is 548 g/mol. The van der Waals surface area contributed by atoms with Gasteiger partial charge in [-0.15, -0.1) is 0 Å². The normalized spacial score (nSPS) is 16.7. The average molecular weight is 589 g/mol. The zero-order chi connectivity index (χ0) is 31.0. The van der Waals surface area contributed by atoms with E-state index in [-0.39, 0.29) is 30.4 Å². The number of aromatic nitrogens is 4. The fraction of sp³-hybridized carbons (Fsp3) is 0.452. The Balaban J connectivity index is 1.42. The minimum absolute atomic E-state index is 0.0769. The Bertz CT molecular complexity index is 1600. The number of carbonyl (C=O) groups is 2. The third kappa shape index (κ3) is 5.84. The summed E-state index contributed by atoms with van der Waals surface area (Å²) in [7, 11) is 1.61. The van der Waals surface area contributed by atoms with Gasteiger partial charge in [-0.1, -0.05) is 0 Å². The minimum Gasteiger partial charge on any atom is -0.496 e. The molecule has 3 aromatic rings. The SMILES string of the molecule is COc1c(C)cnc(CN2C(=O)/C(=C\c3[nH]c(C)c(C(=O)NCCN4CCC(O)CC4)c3C)c3c(C)nc(N)nc32)c1C. The molecular formula is C31H40N8O4. The number of aryl methyl sites for hydroxylation is 3. The second kappa shape index (κ2) is 12.1. The number of aliphatic hydroxyl groups excluding tert-OH is 1. The number of nitrogens with one attached hydrogen (secondary N) is 2. The summed E-state index contributed by atoms with van der Waals surface area (Å²) in [5, 5.41) is 12.8. The Kier molecular flexibility index (Phi) is 8.52. The van der Waals surface area contributed by atoms with Crippen LogP contribution in [0.4, 0.5) is 11.8 Å². The Labute approximate surface area is 251 Å². The summed E-state index contributed by atoms with van der Waals surface area (Å²) in [4.78, 5) is 47.7. The van der Waals surface area contributed by atoms with Crippen LogP contribution in [0.25, 0.3) is 11.6 Å². The standard InChI is InChI=1S/C31H40N8O4/c1-16-14-34-24(18(3)27(16)43-6)15-39-28-26(20(5)36-31(32)37-28)22(30(39)42)13-23-17(2)25(19(4)35-23)29(41)33-9-12-38-10-7-21(40)8-11-38/h13-14,21,35,40H,7-12,15H2,1-6H3,(H,33,41)(H2,32,36,37)/b22-13-. The van der Waals surface area contributed by atoms with Gasteiger partial charge in [0.1, 0.15) is 11.6 Å². The molecule has 0 aliphatic carbocycles. The number of nitrogens with zero attached hydrogens (tertiary/aromatic N) is 5. The van der Waals surface area contributed by atoms with Crippen LogP contribution in [0.2, 0.25) is 0 Å². The van der Waals surface area contributed by atoms with Crippen molar-refractivity contribution >= 4 is 35.2 Å². The molecule has 2 amide bonds. The molecule has 2 aliphatic rings. The van der Waals surface area contributed by atoms with Gasteiger partial charge in [0, 0.05) is 54.9 Å². The largest absolute Gasteiger partial charge is 0.496 e. The molecule has 43 heavy (non-hydrogen) atoms. The molecule has 1 saturated heterocycles. The number of carbonyl (C=O) groups excluding carboxylic acids is 2. The summed E-state index contributed by atoms with van der Waals surface area (Å²) in [5.74, 6) is 0.793. The van der Waals surface area contributed by atoms with Crippen LogP contribution < -0.4 is 20.7 Å². The highest BCUT2D eigenvalue weighted by Crippen LogP contribution is 2.40. The molecule has 0 radical (unpaired) electrons. The van der Waals surface area contributed by atoms with Gasteiger partial charge >= 0.3 is 0 Å². The number of aromatic amines is 1. The third-order valence-corrected chi connectivity index (χ3v) is 8.41. The Morgan fingerprint density at radius 3 is 2.60 bits per heavy atom. The number of nitrogens with two attached hydrogens (primary N) is 1. The highest BCUT2D eigenvalue weighted by molar-refractivity contribution is 6.35. The zero-order valence-corrected chi connectivity index (χ0v) is 25.7. The van der Waals surface area contributed by atoms with Crippen LogP contribution in [0.5, 0.6) is 5.75 Å². The molecule has 0 bridgehead atoms. The highest BCUT2D eigenvalue weighted by atomic mass is 16.5. The number of anilines is 2. The van der Waals surface area contributed by atoms with Crippen LogP contribution in [-0.4, -0.2) is 81.1 Å². The second-order valence-corrected chi connectivity index (χ2v) is 11.4. The van der Waals surface area contributed by atoms with E-state index in [0.717, 1.165) is 54.9 Å². The van der Waals surface area contributed by atoms with E-state index >= 15 is 0 Å². The summed E-state index contributed by atoms with van der Waals surface area (Å²) >= 11 is 0. The van der Waals surface area contributed by atoms with Crippen molar-refractivity contribution in [1.29, 1.82) is 0 Å². The van der Waals surface area contributed by atoms with Crippen LogP contribution in [0.1, 0.15) is 68.2 Å². The Morgan fingerprint density at radius 1 is 1.19 bits per heavy atom. The van der Waals surface area contributed by atoms with Crippen LogP contribution in [-0.2, 0) is 11.3 Å². The van der Waals surface area contributed by atoms with E-state index in [1.807, 2.05) is 27.7 Å². The number of piperidine rings is 1. The fourth-order valence-electron chi connectivity index (χ4n) is 6.06. The number of fused-ring (bicyclic) bond motifs is 1. The predicted molar refractivity (Wildman–Crippen MR) is 165 cm³/mol. The first kappa shape index (κ1) is 30.2. The molecule has 0 aromatic carbocycles. The summed E-state index contributed by atoms with van der Waals surface area (Å²) in [6.07, 6.45) is 4.78. The van der Waals surface area contributed by atoms with Gasteiger partial charge in [0.25, 0.3) is 11.8 Å². The minimum atomic E-state index is -0.261. The van der Waals surface area contributed by atoms with Gasteiger partial charge in [0.15, 0.2) is 0 Å². The van der Waals surface area contributed by atoms with E-state index in [2.05, 4.69) is 30.2 Å². The lowest BCUT2D eigenvalue weighted by Crippen LogP contribution is -2.40. The summed E-state index contributed by atoms with van der Waals surface area (Å²) < 4.78 is 5.57. The number of pyridine rings is 1. The maximum Gasteiger partial charge on any atom is 0.260 e. The third-order valence-electron chi connectivity index (χ3n) is 8.41. The van der Waals surface area contributed by atoms with Gasteiger partial charge in [-0.05, 0) is 59.1 Å². The molecule has 5 heterocycles. The van der Waals surface area contributed by atoms with Crippen molar-refractivity contribution in [2.75, 3.05) is 43.9 Å². The van der Waals surface area contributed by atoms with Crippen LogP contribution in [0.15, 0.2) is 6.20 Å². The van der Waals surface area contributed by atoms with Gasteiger partial charge in [0.2, 0.25) is 5.95 Å². The van der Waals surface area contributed by atoms with Crippen molar-refractivity contribution in [3.63, 3.8) is 0 Å². The molecule has 5 rings (SSSR count). The average Bonchev–Trinajstić information content (AvgIpc) is 3.38. The second-order valence-electron chi connectivity index (χ2n) is 11.4. The van der Waals surface area contributed by atoms with Crippen molar-refractivity contribution in [2.24, 2.45) is 0 Å². The van der Waals surface area contributed by atoms with Crippen LogP contribution in [0, 0.1) is 34.6 Å². The van der Waals surface area contributed by atoms with E-state index in [1.54, 1.807) is 31.2 Å². The van der Waals surface area contributed by atoms with Gasteiger partial charge in [0.05, 0.1) is 47.8 Å². The zero-order valence-electron chi connectivity index (χ0n) is 25.7. The number of ether oxygens (including phenoxy) is 1. The lowest BCUT2D eigenvalue weighted by Gasteiger charge is -2.29. The molecule has 12 heteroatoms. The number of rotatable bonds is 8. The lowest BCUT2D eigenvalue weighted by atomic mass is 10.0. The Morgan fingerprint density at radius 2 is 1.91 bits per heavy atom. The number of aliphatic hydroxyl groups is 1. The molecule has 5 N–H and O–H groups in total. The molecule has 0 unspecified atom stereocenters. The first-order chi connectivity index (χ1) is 20.5. The van der Waals surface area contributed by atoms with Crippen molar-refractivity contribution in [2.45, 2.75) is 60.1 Å². The van der Waals surface area contributed by atoms with Gasteiger partial charge in [-0.2, -0.15) is 4.98 Å². The number of H-pyrrole nitrogens is 1. The molecule has 0 saturated carbocycles. The van der Waals surface area contributed by atoms with E-state index < -0.39 is 0 Å². The van der Waals surface area contributed by atoms with E-state index in [9.17, 15) is 14.7 Å². The van der Waals surface area contributed by atoms with Gasteiger partial charge in [-0.3, -0.25) is 19.5 Å². The summed E-state index contributed by atoms with van der Waals surface area (Å²) in [6.45, 7) is 12.4. The molecule has 12 nitrogen and oxygen atoms in total. The van der Waals surface area contributed by atoms with Crippen molar-refractivity contribution in [1.82, 2.24) is 30.2 Å². The molecule has 3 aromatic heterocycles. The Hall–Kier alpha value is -4.29. The van der Waals surface area contributed by atoms with Crippen LogP contribution in [0.3, 0.4) is 0 Å². The number of methoxy groups -OCH3 is 1. The number of likely N-dealkylation sites (tertiary alicyclic amines) is 1. The smallest absolute Gasteiger partial charge is 0.260 e. The lowest BCUT2D eigenvalue weighted by molar-refractivity contribution is -0.113. The van der Waals surface area contributed by atoms with Crippen LogP contribution >= 0.6 is 0 Å². The number of amides is 2.